The van der Waals surface area contributed by atoms with Crippen LogP contribution in [-0.2, 0) is 6.54 Å². The molecule has 1 aromatic rings. The monoisotopic (exact) mass is 306 g/mol. The van der Waals surface area contributed by atoms with Gasteiger partial charge < -0.3 is 15.1 Å². The summed E-state index contributed by atoms with van der Waals surface area (Å²) in [5, 5.41) is 18.7. The van der Waals surface area contributed by atoms with Gasteiger partial charge in [-0.1, -0.05) is 29.3 Å². The molecule has 0 amide bonds. The highest BCUT2D eigenvalue weighted by Gasteiger charge is 2.32. The zero-order valence-electron chi connectivity index (χ0n) is 14.1. The van der Waals surface area contributed by atoms with Crippen molar-refractivity contribution in [2.24, 2.45) is 11.8 Å². The van der Waals surface area contributed by atoms with Crippen molar-refractivity contribution >= 4 is 0 Å². The van der Waals surface area contributed by atoms with Gasteiger partial charge >= 0.3 is 0 Å². The maximum Gasteiger partial charge on any atom is 0.0558 e. The van der Waals surface area contributed by atoms with Crippen LogP contribution in [0, 0.1) is 25.7 Å². The third-order valence-electron chi connectivity index (χ3n) is 4.60. The second-order valence-corrected chi connectivity index (χ2v) is 6.88. The van der Waals surface area contributed by atoms with E-state index in [-0.39, 0.29) is 13.2 Å². The number of aliphatic hydroxyl groups is 2. The van der Waals surface area contributed by atoms with Crippen LogP contribution in [0.3, 0.4) is 0 Å². The Kier molecular flexibility index (Phi) is 6.38. The highest BCUT2D eigenvalue weighted by molar-refractivity contribution is 5.28. The Balaban J connectivity index is 1.96. The molecule has 4 nitrogen and oxygen atoms in total. The fraction of sp³-hybridized carbons (Fsp3) is 0.667. The van der Waals surface area contributed by atoms with Crippen molar-refractivity contribution in [2.45, 2.75) is 20.4 Å². The van der Waals surface area contributed by atoms with E-state index in [1.165, 1.54) is 16.7 Å². The molecular formula is C18H30N2O2. The molecule has 0 radical (unpaired) electrons. The summed E-state index contributed by atoms with van der Waals surface area (Å²) in [7, 11) is 2.04. The molecule has 124 valence electrons. The molecule has 1 aliphatic rings. The van der Waals surface area contributed by atoms with Gasteiger partial charge in [0.25, 0.3) is 0 Å². The van der Waals surface area contributed by atoms with E-state index < -0.39 is 0 Å². The van der Waals surface area contributed by atoms with Crippen LogP contribution >= 0.6 is 0 Å². The van der Waals surface area contributed by atoms with E-state index in [4.69, 9.17) is 5.11 Å². The molecule has 0 bridgehead atoms. The maximum atomic E-state index is 9.66. The topological polar surface area (TPSA) is 46.9 Å². The smallest absolute Gasteiger partial charge is 0.0558 e. The molecule has 4 heteroatoms. The number of aryl methyl sites for hydroxylation is 2. The first-order valence-electron chi connectivity index (χ1n) is 8.21. The first-order valence-corrected chi connectivity index (χ1v) is 8.21. The predicted octanol–water partition coefficient (Wildman–Crippen LogP) is 1.27. The van der Waals surface area contributed by atoms with Crippen molar-refractivity contribution in [2.75, 3.05) is 46.4 Å². The lowest BCUT2D eigenvalue weighted by atomic mass is 9.96. The highest BCUT2D eigenvalue weighted by Crippen LogP contribution is 2.25. The summed E-state index contributed by atoms with van der Waals surface area (Å²) in [6, 6.07) is 6.72. The van der Waals surface area contributed by atoms with Crippen molar-refractivity contribution in [3.8, 4) is 0 Å². The number of likely N-dealkylation sites (N-methyl/N-ethyl adjacent to an activating group) is 1. The third-order valence-corrected chi connectivity index (χ3v) is 4.60. The molecule has 22 heavy (non-hydrogen) atoms. The standard InChI is InChI=1S/C18H30N2O2/c1-14-6-15(2)8-16(7-14)9-20-11-17(18(12-20)13-22)10-19(3)4-5-21/h6-8,17-18,21-22H,4-5,9-13H2,1-3H3/t17-,18-/m1/s1. The molecule has 1 aliphatic heterocycles. The average Bonchev–Trinajstić information content (AvgIpc) is 2.79. The summed E-state index contributed by atoms with van der Waals surface area (Å²) in [5.41, 5.74) is 3.98. The summed E-state index contributed by atoms with van der Waals surface area (Å²) >= 11 is 0. The average molecular weight is 306 g/mol. The molecule has 0 aromatic heterocycles. The second-order valence-electron chi connectivity index (χ2n) is 6.88. The van der Waals surface area contributed by atoms with E-state index in [0.29, 0.717) is 18.4 Å². The Morgan fingerprint density at radius 2 is 1.73 bits per heavy atom. The van der Waals surface area contributed by atoms with Crippen LogP contribution in [0.2, 0.25) is 0 Å². The van der Waals surface area contributed by atoms with E-state index >= 15 is 0 Å². The Morgan fingerprint density at radius 3 is 2.32 bits per heavy atom. The number of nitrogens with zero attached hydrogens (tertiary/aromatic N) is 2. The van der Waals surface area contributed by atoms with Crippen LogP contribution in [0.4, 0.5) is 0 Å². The van der Waals surface area contributed by atoms with Crippen molar-refractivity contribution in [3.63, 3.8) is 0 Å². The molecule has 0 spiro atoms. The lowest BCUT2D eigenvalue weighted by Gasteiger charge is -2.23. The van der Waals surface area contributed by atoms with Crippen molar-refractivity contribution in [1.29, 1.82) is 0 Å². The van der Waals surface area contributed by atoms with Crippen LogP contribution in [-0.4, -0.2) is 66.5 Å². The third kappa shape index (κ3) is 4.78. The van der Waals surface area contributed by atoms with Crippen molar-refractivity contribution < 1.29 is 10.2 Å². The van der Waals surface area contributed by atoms with Crippen LogP contribution in [0.25, 0.3) is 0 Å². The normalized spacial score (nSPS) is 22.6. The zero-order chi connectivity index (χ0) is 16.1. The summed E-state index contributed by atoms with van der Waals surface area (Å²) in [6.07, 6.45) is 0. The van der Waals surface area contributed by atoms with Crippen LogP contribution in [0.15, 0.2) is 18.2 Å². The number of benzene rings is 1. The van der Waals surface area contributed by atoms with Gasteiger partial charge in [-0.15, -0.1) is 0 Å². The summed E-state index contributed by atoms with van der Waals surface area (Å²) in [5.74, 6) is 0.819. The molecule has 2 N–H and O–H groups in total. The second kappa shape index (κ2) is 8.06. The lowest BCUT2D eigenvalue weighted by Crippen LogP contribution is -2.32. The van der Waals surface area contributed by atoms with Crippen molar-refractivity contribution in [1.82, 2.24) is 9.80 Å². The number of likely N-dealkylation sites (tertiary alicyclic amines) is 1. The van der Waals surface area contributed by atoms with Gasteiger partial charge in [-0.3, -0.25) is 4.90 Å². The zero-order valence-corrected chi connectivity index (χ0v) is 14.1. The molecule has 1 fully saturated rings. The highest BCUT2D eigenvalue weighted by atomic mass is 16.3. The number of rotatable bonds is 7. The summed E-state index contributed by atoms with van der Waals surface area (Å²) < 4.78 is 0. The Bertz CT molecular complexity index is 458. The number of aliphatic hydroxyl groups excluding tert-OH is 2. The van der Waals surface area contributed by atoms with Gasteiger partial charge in [0.15, 0.2) is 0 Å². The van der Waals surface area contributed by atoms with E-state index in [1.807, 2.05) is 7.05 Å². The minimum Gasteiger partial charge on any atom is -0.396 e. The lowest BCUT2D eigenvalue weighted by molar-refractivity contribution is 0.160. The Labute approximate surface area is 134 Å². The molecule has 1 heterocycles. The van der Waals surface area contributed by atoms with E-state index in [9.17, 15) is 5.11 Å². The van der Waals surface area contributed by atoms with Gasteiger partial charge in [-0.2, -0.15) is 0 Å². The SMILES string of the molecule is Cc1cc(C)cc(CN2C[C@@H](CN(C)CCO)[C@@H](CO)C2)c1. The minimum absolute atomic E-state index is 0.194. The largest absolute Gasteiger partial charge is 0.396 e. The van der Waals surface area contributed by atoms with Crippen LogP contribution in [0.5, 0.6) is 0 Å². The number of hydrogen-bond acceptors (Lipinski definition) is 4. The van der Waals surface area contributed by atoms with Crippen molar-refractivity contribution in [3.05, 3.63) is 34.9 Å². The predicted molar refractivity (Wildman–Crippen MR) is 89.8 cm³/mol. The molecular weight excluding hydrogens is 276 g/mol. The van der Waals surface area contributed by atoms with Gasteiger partial charge in [0.2, 0.25) is 0 Å². The van der Waals surface area contributed by atoms with Gasteiger partial charge in [0.05, 0.1) is 6.61 Å². The van der Waals surface area contributed by atoms with Crippen LogP contribution in [0.1, 0.15) is 16.7 Å². The fourth-order valence-corrected chi connectivity index (χ4v) is 3.66. The fourth-order valence-electron chi connectivity index (χ4n) is 3.66. The van der Waals surface area contributed by atoms with E-state index in [1.54, 1.807) is 0 Å². The Morgan fingerprint density at radius 1 is 1.09 bits per heavy atom. The molecule has 0 unspecified atom stereocenters. The first kappa shape index (κ1) is 17.4. The summed E-state index contributed by atoms with van der Waals surface area (Å²) in [4.78, 5) is 4.61. The molecule has 1 aromatic carbocycles. The Hall–Kier alpha value is -0.940. The minimum atomic E-state index is 0.194. The van der Waals surface area contributed by atoms with E-state index in [2.05, 4.69) is 41.8 Å². The van der Waals surface area contributed by atoms with Gasteiger partial charge in [-0.05, 0) is 38.3 Å². The molecule has 1 saturated heterocycles. The molecule has 2 atom stereocenters. The molecule has 2 rings (SSSR count). The number of hydrogen-bond donors (Lipinski definition) is 2. The van der Waals surface area contributed by atoms with Gasteiger partial charge in [-0.25, -0.2) is 0 Å². The van der Waals surface area contributed by atoms with E-state index in [0.717, 1.165) is 26.2 Å². The summed E-state index contributed by atoms with van der Waals surface area (Å²) in [6.45, 7) is 9.31. The first-order chi connectivity index (χ1) is 10.5. The van der Waals surface area contributed by atoms with Gasteiger partial charge in [0, 0.05) is 39.3 Å². The quantitative estimate of drug-likeness (QED) is 0.796. The van der Waals surface area contributed by atoms with Crippen LogP contribution < -0.4 is 0 Å². The maximum absolute atomic E-state index is 9.66. The molecule has 0 saturated carbocycles. The van der Waals surface area contributed by atoms with Gasteiger partial charge in [0.1, 0.15) is 0 Å². The molecule has 0 aliphatic carbocycles.